The summed E-state index contributed by atoms with van der Waals surface area (Å²) in [4.78, 5) is 13.3. The lowest BCUT2D eigenvalue weighted by Crippen LogP contribution is -2.15. The molecule has 0 unspecified atom stereocenters. The van der Waals surface area contributed by atoms with Gasteiger partial charge in [0.15, 0.2) is 17.0 Å². The molecule has 3 rings (SSSR count). The second-order valence-corrected chi connectivity index (χ2v) is 4.95. The highest BCUT2D eigenvalue weighted by Crippen LogP contribution is 2.24. The molecule has 0 bridgehead atoms. The van der Waals surface area contributed by atoms with Gasteiger partial charge >= 0.3 is 0 Å². The van der Waals surface area contributed by atoms with Gasteiger partial charge in [-0.25, -0.2) is 9.37 Å². The molecular formula is C15H18FN7. The van der Waals surface area contributed by atoms with Crippen molar-refractivity contribution in [3.63, 3.8) is 0 Å². The zero-order valence-corrected chi connectivity index (χ0v) is 12.8. The van der Waals surface area contributed by atoms with Crippen molar-refractivity contribution in [3.05, 3.63) is 36.4 Å². The van der Waals surface area contributed by atoms with E-state index in [0.717, 1.165) is 6.54 Å². The zero-order valence-electron chi connectivity index (χ0n) is 12.8. The zero-order chi connectivity index (χ0) is 16.2. The number of fused-ring (bicyclic) bond motifs is 1. The highest BCUT2D eigenvalue weighted by Gasteiger charge is 2.13. The Kier molecular flexibility index (Phi) is 4.33. The Morgan fingerprint density at radius 1 is 1.30 bits per heavy atom. The summed E-state index contributed by atoms with van der Waals surface area (Å²) in [6.07, 6.45) is 1.71. The Balaban J connectivity index is 2.04. The van der Waals surface area contributed by atoms with Crippen molar-refractivity contribution in [2.24, 2.45) is 5.73 Å². The van der Waals surface area contributed by atoms with E-state index < -0.39 is 0 Å². The fraction of sp³-hybridized carbons (Fsp3) is 0.267. The molecule has 8 heteroatoms. The summed E-state index contributed by atoms with van der Waals surface area (Å²) < 4.78 is 15.3. The van der Waals surface area contributed by atoms with Crippen LogP contribution in [-0.4, -0.2) is 32.6 Å². The Morgan fingerprint density at radius 3 is 2.91 bits per heavy atom. The van der Waals surface area contributed by atoms with Gasteiger partial charge in [-0.3, -0.25) is 0 Å². The van der Waals surface area contributed by atoms with Gasteiger partial charge in [0.1, 0.15) is 5.82 Å². The van der Waals surface area contributed by atoms with Crippen LogP contribution in [0.4, 0.5) is 21.8 Å². The topological polar surface area (TPSA) is 93.7 Å². The number of aromatic nitrogens is 4. The minimum atomic E-state index is -0.319. The molecule has 3 aromatic rings. The molecule has 0 spiro atoms. The number of hydrogen-bond donors (Lipinski definition) is 3. The van der Waals surface area contributed by atoms with Crippen LogP contribution in [0.2, 0.25) is 0 Å². The SMILES string of the molecule is CCn1cnc2c(Nc3cccc(F)c3)nc(NCCN)nc21. The van der Waals surface area contributed by atoms with E-state index in [0.29, 0.717) is 41.7 Å². The molecule has 23 heavy (non-hydrogen) atoms. The third-order valence-corrected chi connectivity index (χ3v) is 3.32. The molecule has 0 aliphatic heterocycles. The van der Waals surface area contributed by atoms with E-state index in [9.17, 15) is 4.39 Å². The van der Waals surface area contributed by atoms with Crippen molar-refractivity contribution in [1.82, 2.24) is 19.5 Å². The number of anilines is 3. The van der Waals surface area contributed by atoms with Gasteiger partial charge in [0, 0.05) is 25.3 Å². The highest BCUT2D eigenvalue weighted by atomic mass is 19.1. The number of nitrogens with one attached hydrogen (secondary N) is 2. The fourth-order valence-electron chi connectivity index (χ4n) is 2.23. The Hall–Kier alpha value is -2.74. The lowest BCUT2D eigenvalue weighted by atomic mass is 10.3. The fourth-order valence-corrected chi connectivity index (χ4v) is 2.23. The molecule has 0 fully saturated rings. The minimum Gasteiger partial charge on any atom is -0.353 e. The van der Waals surface area contributed by atoms with Crippen LogP contribution in [0.3, 0.4) is 0 Å². The minimum absolute atomic E-state index is 0.319. The van der Waals surface area contributed by atoms with E-state index in [4.69, 9.17) is 5.73 Å². The van der Waals surface area contributed by atoms with E-state index in [2.05, 4.69) is 25.6 Å². The Bertz CT molecular complexity index is 815. The van der Waals surface area contributed by atoms with E-state index >= 15 is 0 Å². The number of hydrogen-bond acceptors (Lipinski definition) is 6. The Labute approximate surface area is 132 Å². The smallest absolute Gasteiger partial charge is 0.226 e. The lowest BCUT2D eigenvalue weighted by molar-refractivity contribution is 0.628. The van der Waals surface area contributed by atoms with E-state index in [-0.39, 0.29) is 5.82 Å². The van der Waals surface area contributed by atoms with Gasteiger partial charge in [-0.05, 0) is 25.1 Å². The standard InChI is InChI=1S/C15H18FN7/c1-2-23-9-19-12-13(20-11-5-3-4-10(16)8-11)21-15(18-7-6-17)22-14(12)23/h3-5,8-9H,2,6-7,17H2,1H3,(H2,18,20,21,22). The average Bonchev–Trinajstić information content (AvgIpc) is 2.96. The lowest BCUT2D eigenvalue weighted by Gasteiger charge is -2.10. The molecule has 0 amide bonds. The van der Waals surface area contributed by atoms with Gasteiger partial charge in [0.2, 0.25) is 5.95 Å². The van der Waals surface area contributed by atoms with Crippen LogP contribution in [0.1, 0.15) is 6.92 Å². The summed E-state index contributed by atoms with van der Waals surface area (Å²) in [5.74, 6) is 0.658. The first kappa shape index (κ1) is 15.2. The van der Waals surface area contributed by atoms with Crippen molar-refractivity contribution in [3.8, 4) is 0 Å². The number of imidazole rings is 1. The maximum absolute atomic E-state index is 13.4. The summed E-state index contributed by atoms with van der Waals surface area (Å²) in [6, 6.07) is 6.19. The number of aryl methyl sites for hydroxylation is 1. The molecule has 0 aliphatic rings. The molecule has 0 radical (unpaired) electrons. The van der Waals surface area contributed by atoms with Crippen LogP contribution in [0.25, 0.3) is 11.2 Å². The number of nitrogens with zero attached hydrogens (tertiary/aromatic N) is 4. The summed E-state index contributed by atoms with van der Waals surface area (Å²) in [5, 5.41) is 6.17. The van der Waals surface area contributed by atoms with Crippen LogP contribution < -0.4 is 16.4 Å². The van der Waals surface area contributed by atoms with E-state index in [1.165, 1.54) is 12.1 Å². The molecule has 2 aromatic heterocycles. The summed E-state index contributed by atoms with van der Waals surface area (Å²) in [7, 11) is 0. The van der Waals surface area contributed by atoms with Gasteiger partial charge in [0.25, 0.3) is 0 Å². The van der Waals surface area contributed by atoms with E-state index in [1.54, 1.807) is 18.5 Å². The number of rotatable bonds is 6. The maximum Gasteiger partial charge on any atom is 0.226 e. The molecule has 2 heterocycles. The Morgan fingerprint density at radius 2 is 2.17 bits per heavy atom. The third kappa shape index (κ3) is 3.21. The number of benzene rings is 1. The van der Waals surface area contributed by atoms with Gasteiger partial charge in [-0.15, -0.1) is 0 Å². The average molecular weight is 315 g/mol. The molecule has 0 saturated carbocycles. The van der Waals surface area contributed by atoms with Crippen molar-refractivity contribution in [1.29, 1.82) is 0 Å². The van der Waals surface area contributed by atoms with Crippen molar-refractivity contribution >= 4 is 28.6 Å². The van der Waals surface area contributed by atoms with Crippen LogP contribution in [-0.2, 0) is 6.54 Å². The second-order valence-electron chi connectivity index (χ2n) is 4.95. The van der Waals surface area contributed by atoms with Gasteiger partial charge in [-0.1, -0.05) is 6.07 Å². The summed E-state index contributed by atoms with van der Waals surface area (Å²) in [5.41, 5.74) is 7.45. The molecule has 1 aromatic carbocycles. The van der Waals surface area contributed by atoms with Crippen molar-refractivity contribution < 1.29 is 4.39 Å². The van der Waals surface area contributed by atoms with Crippen LogP contribution in [0, 0.1) is 5.82 Å². The molecule has 0 aliphatic carbocycles. The molecule has 0 saturated heterocycles. The van der Waals surface area contributed by atoms with Crippen molar-refractivity contribution in [2.75, 3.05) is 23.7 Å². The normalized spacial score (nSPS) is 10.9. The van der Waals surface area contributed by atoms with Crippen molar-refractivity contribution in [2.45, 2.75) is 13.5 Å². The quantitative estimate of drug-likeness (QED) is 0.645. The molecule has 4 N–H and O–H groups in total. The van der Waals surface area contributed by atoms with Crippen LogP contribution >= 0.6 is 0 Å². The first-order valence-corrected chi connectivity index (χ1v) is 7.40. The van der Waals surface area contributed by atoms with Gasteiger partial charge in [0.05, 0.1) is 6.33 Å². The molecule has 120 valence electrons. The first-order chi connectivity index (χ1) is 11.2. The first-order valence-electron chi connectivity index (χ1n) is 7.40. The predicted octanol–water partition coefficient (Wildman–Crippen LogP) is 2.10. The third-order valence-electron chi connectivity index (χ3n) is 3.32. The highest BCUT2D eigenvalue weighted by molar-refractivity contribution is 5.86. The van der Waals surface area contributed by atoms with Gasteiger partial charge in [-0.2, -0.15) is 9.97 Å². The second kappa shape index (κ2) is 6.57. The van der Waals surface area contributed by atoms with Crippen LogP contribution in [0.5, 0.6) is 0 Å². The maximum atomic E-state index is 13.4. The predicted molar refractivity (Wildman–Crippen MR) is 88.2 cm³/mol. The molecule has 0 atom stereocenters. The summed E-state index contributed by atoms with van der Waals surface area (Å²) in [6.45, 7) is 3.78. The van der Waals surface area contributed by atoms with E-state index in [1.807, 2.05) is 11.5 Å². The molecule has 7 nitrogen and oxygen atoms in total. The monoisotopic (exact) mass is 315 g/mol. The number of halogens is 1. The number of nitrogens with two attached hydrogens (primary N) is 1. The summed E-state index contributed by atoms with van der Waals surface area (Å²) >= 11 is 0. The largest absolute Gasteiger partial charge is 0.353 e. The molecular weight excluding hydrogens is 297 g/mol. The van der Waals surface area contributed by atoms with Gasteiger partial charge < -0.3 is 20.9 Å². The van der Waals surface area contributed by atoms with Crippen LogP contribution in [0.15, 0.2) is 30.6 Å².